The topological polar surface area (TPSA) is 12.0 Å². The predicted octanol–water partition coefficient (Wildman–Crippen LogP) is 3.74. The number of hydrogen-bond donors (Lipinski definition) is 1. The zero-order chi connectivity index (χ0) is 12.4. The molecule has 1 N–H and O–H groups in total. The van der Waals surface area contributed by atoms with Crippen molar-refractivity contribution in [2.24, 2.45) is 11.8 Å². The van der Waals surface area contributed by atoms with Crippen LogP contribution in [0.25, 0.3) is 0 Å². The second-order valence-electron chi connectivity index (χ2n) is 5.82. The molecule has 2 atom stereocenters. The average molecular weight is 237 g/mol. The molecule has 0 spiro atoms. The van der Waals surface area contributed by atoms with Crippen molar-refractivity contribution in [1.29, 1.82) is 0 Å². The number of halogens is 3. The zero-order valence-corrected chi connectivity index (χ0v) is 10.3. The first-order valence-corrected chi connectivity index (χ1v) is 6.02. The molecule has 1 fully saturated rings. The van der Waals surface area contributed by atoms with Crippen molar-refractivity contribution in [1.82, 2.24) is 5.32 Å². The van der Waals surface area contributed by atoms with Crippen molar-refractivity contribution in [2.75, 3.05) is 6.54 Å². The van der Waals surface area contributed by atoms with Crippen LogP contribution in [0.5, 0.6) is 0 Å². The molecule has 0 saturated heterocycles. The molecule has 0 amide bonds. The summed E-state index contributed by atoms with van der Waals surface area (Å²) < 4.78 is 38.4. The Morgan fingerprint density at radius 2 is 1.62 bits per heavy atom. The van der Waals surface area contributed by atoms with Crippen molar-refractivity contribution in [2.45, 2.75) is 58.2 Å². The third-order valence-electron chi connectivity index (χ3n) is 3.22. The van der Waals surface area contributed by atoms with Gasteiger partial charge in [0.1, 0.15) is 0 Å². The summed E-state index contributed by atoms with van der Waals surface area (Å²) in [4.78, 5) is 0. The first-order valence-electron chi connectivity index (χ1n) is 6.02. The second-order valence-corrected chi connectivity index (χ2v) is 5.82. The highest BCUT2D eigenvalue weighted by molar-refractivity contribution is 4.84. The van der Waals surface area contributed by atoms with Crippen LogP contribution in [0, 0.1) is 11.8 Å². The van der Waals surface area contributed by atoms with Gasteiger partial charge in [-0.25, -0.2) is 0 Å². The molecule has 0 aromatic carbocycles. The third-order valence-corrected chi connectivity index (χ3v) is 3.22. The summed E-state index contributed by atoms with van der Waals surface area (Å²) in [5, 5.41) is 3.19. The maximum atomic E-state index is 12.8. The summed E-state index contributed by atoms with van der Waals surface area (Å²) in [6.45, 7) is 6.43. The van der Waals surface area contributed by atoms with Crippen LogP contribution in [-0.2, 0) is 0 Å². The molecule has 0 aromatic rings. The minimum atomic E-state index is -4.02. The van der Waals surface area contributed by atoms with Crippen LogP contribution in [-0.4, -0.2) is 18.3 Å². The molecule has 0 aliphatic heterocycles. The van der Waals surface area contributed by atoms with Crippen LogP contribution >= 0.6 is 0 Å². The highest BCUT2D eigenvalue weighted by atomic mass is 19.4. The average Bonchev–Trinajstić information content (AvgIpc) is 2.12. The summed E-state index contributed by atoms with van der Waals surface area (Å²) in [5.41, 5.74) is -0.104. The third kappa shape index (κ3) is 4.32. The minimum absolute atomic E-state index is 0.104. The molecule has 1 rings (SSSR count). The van der Waals surface area contributed by atoms with Gasteiger partial charge in [0, 0.05) is 5.54 Å². The summed E-state index contributed by atoms with van der Waals surface area (Å²) in [5.74, 6) is -1.34. The lowest BCUT2D eigenvalue weighted by atomic mass is 9.78. The van der Waals surface area contributed by atoms with Crippen LogP contribution in [0.1, 0.15) is 46.5 Å². The summed E-state index contributed by atoms with van der Waals surface area (Å²) in [7, 11) is 0. The standard InChI is InChI=1S/C12H22F3N/c1-11(2,3)16-8-9-6-4-5-7-10(9)12(13,14)15/h9-10,16H,4-8H2,1-3H3. The van der Waals surface area contributed by atoms with E-state index in [9.17, 15) is 13.2 Å². The Morgan fingerprint density at radius 3 is 2.12 bits per heavy atom. The van der Waals surface area contributed by atoms with Crippen molar-refractivity contribution in [3.8, 4) is 0 Å². The largest absolute Gasteiger partial charge is 0.392 e. The molecular formula is C12H22F3N. The SMILES string of the molecule is CC(C)(C)NCC1CCCCC1C(F)(F)F. The molecule has 0 aromatic heterocycles. The van der Waals surface area contributed by atoms with E-state index in [4.69, 9.17) is 0 Å². The fourth-order valence-electron chi connectivity index (χ4n) is 2.32. The van der Waals surface area contributed by atoms with Crippen molar-refractivity contribution in [3.63, 3.8) is 0 Å². The minimum Gasteiger partial charge on any atom is -0.312 e. The van der Waals surface area contributed by atoms with Crippen LogP contribution < -0.4 is 5.32 Å². The highest BCUT2D eigenvalue weighted by Gasteiger charge is 2.45. The first-order chi connectivity index (χ1) is 7.20. The van der Waals surface area contributed by atoms with Gasteiger partial charge in [0.15, 0.2) is 0 Å². The van der Waals surface area contributed by atoms with Crippen LogP contribution in [0.15, 0.2) is 0 Å². The van der Waals surface area contributed by atoms with E-state index in [0.717, 1.165) is 12.8 Å². The molecule has 1 saturated carbocycles. The predicted molar refractivity (Wildman–Crippen MR) is 59.3 cm³/mol. The lowest BCUT2D eigenvalue weighted by Gasteiger charge is -2.35. The smallest absolute Gasteiger partial charge is 0.312 e. The maximum Gasteiger partial charge on any atom is 0.392 e. The van der Waals surface area contributed by atoms with Gasteiger partial charge < -0.3 is 5.32 Å². The highest BCUT2D eigenvalue weighted by Crippen LogP contribution is 2.41. The van der Waals surface area contributed by atoms with E-state index < -0.39 is 12.1 Å². The molecule has 1 nitrogen and oxygen atoms in total. The lowest BCUT2D eigenvalue weighted by Crippen LogP contribution is -2.44. The zero-order valence-electron chi connectivity index (χ0n) is 10.3. The Bertz CT molecular complexity index is 217. The fourth-order valence-corrected chi connectivity index (χ4v) is 2.32. The Balaban J connectivity index is 2.54. The van der Waals surface area contributed by atoms with E-state index >= 15 is 0 Å². The van der Waals surface area contributed by atoms with Gasteiger partial charge >= 0.3 is 6.18 Å². The van der Waals surface area contributed by atoms with Crippen molar-refractivity contribution >= 4 is 0 Å². The fraction of sp³-hybridized carbons (Fsp3) is 1.00. The molecule has 0 radical (unpaired) electrons. The lowest BCUT2D eigenvalue weighted by molar-refractivity contribution is -0.196. The van der Waals surface area contributed by atoms with E-state index in [1.807, 2.05) is 20.8 Å². The van der Waals surface area contributed by atoms with E-state index in [1.54, 1.807) is 0 Å². The van der Waals surface area contributed by atoms with E-state index in [1.165, 1.54) is 0 Å². The molecule has 0 bridgehead atoms. The van der Waals surface area contributed by atoms with Crippen LogP contribution in [0.4, 0.5) is 13.2 Å². The van der Waals surface area contributed by atoms with Crippen LogP contribution in [0.3, 0.4) is 0 Å². The molecule has 16 heavy (non-hydrogen) atoms. The molecule has 0 heterocycles. The van der Waals surface area contributed by atoms with Gasteiger partial charge in [0.25, 0.3) is 0 Å². The molecular weight excluding hydrogens is 215 g/mol. The van der Waals surface area contributed by atoms with Gasteiger partial charge in [-0.1, -0.05) is 12.8 Å². The first kappa shape index (κ1) is 13.8. The number of nitrogens with one attached hydrogen (secondary N) is 1. The van der Waals surface area contributed by atoms with Crippen molar-refractivity contribution in [3.05, 3.63) is 0 Å². The van der Waals surface area contributed by atoms with E-state index in [2.05, 4.69) is 5.32 Å². The molecule has 4 heteroatoms. The summed E-state index contributed by atoms with van der Waals surface area (Å²) in [6, 6.07) is 0. The summed E-state index contributed by atoms with van der Waals surface area (Å²) in [6.07, 6.45) is -1.36. The molecule has 2 unspecified atom stereocenters. The van der Waals surface area contributed by atoms with Crippen LogP contribution in [0.2, 0.25) is 0 Å². The Kier molecular flexibility index (Phi) is 4.27. The van der Waals surface area contributed by atoms with Gasteiger partial charge in [-0.15, -0.1) is 0 Å². The summed E-state index contributed by atoms with van der Waals surface area (Å²) >= 11 is 0. The molecule has 1 aliphatic rings. The molecule has 1 aliphatic carbocycles. The Hall–Kier alpha value is -0.250. The second kappa shape index (κ2) is 4.94. The quantitative estimate of drug-likeness (QED) is 0.771. The molecule has 96 valence electrons. The Morgan fingerprint density at radius 1 is 1.06 bits per heavy atom. The van der Waals surface area contributed by atoms with Gasteiger partial charge in [0.2, 0.25) is 0 Å². The van der Waals surface area contributed by atoms with Gasteiger partial charge in [-0.2, -0.15) is 13.2 Å². The maximum absolute atomic E-state index is 12.8. The van der Waals surface area contributed by atoms with Gasteiger partial charge in [-0.3, -0.25) is 0 Å². The van der Waals surface area contributed by atoms with Crippen molar-refractivity contribution < 1.29 is 13.2 Å². The number of rotatable bonds is 2. The normalized spacial score (nSPS) is 28.1. The monoisotopic (exact) mass is 237 g/mol. The van der Waals surface area contributed by atoms with E-state index in [0.29, 0.717) is 19.4 Å². The van der Waals surface area contributed by atoms with Gasteiger partial charge in [-0.05, 0) is 46.1 Å². The van der Waals surface area contributed by atoms with E-state index in [-0.39, 0.29) is 11.5 Å². The number of hydrogen-bond acceptors (Lipinski definition) is 1. The van der Waals surface area contributed by atoms with Gasteiger partial charge in [0.05, 0.1) is 5.92 Å². The Labute approximate surface area is 95.8 Å². The number of alkyl halides is 3.